The van der Waals surface area contributed by atoms with Gasteiger partial charge in [0.1, 0.15) is 5.69 Å². The molecular formula is C49H64ClN8O6S2+. The molecule has 1 fully saturated rings. The molecule has 14 nitrogen and oxygen atoms in total. The minimum absolute atomic E-state index is 0.00617. The van der Waals surface area contributed by atoms with Crippen molar-refractivity contribution >= 4 is 71.2 Å². The largest absolute Gasteiger partial charge is 0.319 e. The summed E-state index contributed by atoms with van der Waals surface area (Å²) in [5.74, 6) is -0.869. The van der Waals surface area contributed by atoms with Crippen molar-refractivity contribution in [2.45, 2.75) is 116 Å². The van der Waals surface area contributed by atoms with Gasteiger partial charge in [0.2, 0.25) is 26.2 Å². The molecule has 5 aromatic rings. The van der Waals surface area contributed by atoms with Crippen molar-refractivity contribution in [3.8, 4) is 5.69 Å². The van der Waals surface area contributed by atoms with E-state index < -0.39 is 31.5 Å². The van der Waals surface area contributed by atoms with E-state index in [2.05, 4.69) is 28.9 Å². The number of amides is 1. The molecular weight excluding hydrogens is 896 g/mol. The second-order valence-electron chi connectivity index (χ2n) is 17.2. The van der Waals surface area contributed by atoms with E-state index in [9.17, 15) is 26.4 Å². The van der Waals surface area contributed by atoms with E-state index in [0.717, 1.165) is 89.0 Å². The fourth-order valence-electron chi connectivity index (χ4n) is 8.43. The number of nitrogens with zero attached hydrogens (tertiary/aromatic N) is 6. The first kappa shape index (κ1) is 50.6. The Kier molecular flexibility index (Phi) is 17.4. The quantitative estimate of drug-likeness (QED) is 0.0252. The Morgan fingerprint density at radius 2 is 1.48 bits per heavy atom. The predicted octanol–water partition coefficient (Wildman–Crippen LogP) is 9.43. The lowest BCUT2D eigenvalue weighted by atomic mass is 10.1. The minimum atomic E-state index is -4.01. The molecule has 0 radical (unpaired) electrons. The number of hydrogen-bond acceptors (Lipinski definition) is 9. The van der Waals surface area contributed by atoms with E-state index in [1.165, 1.54) is 35.2 Å². The van der Waals surface area contributed by atoms with Crippen LogP contribution < -0.4 is 20.1 Å². The molecule has 1 amide bonds. The van der Waals surface area contributed by atoms with E-state index in [1.54, 1.807) is 46.8 Å². The summed E-state index contributed by atoms with van der Waals surface area (Å²) < 4.78 is 59.2. The average molecular weight is 961 g/mol. The maximum atomic E-state index is 15.0. The molecule has 1 aliphatic rings. The number of anilines is 1. The lowest BCUT2D eigenvalue weighted by Crippen LogP contribution is -2.38. The summed E-state index contributed by atoms with van der Waals surface area (Å²) in [6.07, 6.45) is 16.1. The number of benzene rings is 3. The number of para-hydroxylation sites is 1. The number of rotatable bonds is 25. The van der Waals surface area contributed by atoms with Gasteiger partial charge in [-0.25, -0.2) is 26.8 Å². The molecule has 0 bridgehead atoms. The Balaban J connectivity index is 1.41. The van der Waals surface area contributed by atoms with Crippen molar-refractivity contribution in [1.29, 1.82) is 0 Å². The highest BCUT2D eigenvalue weighted by molar-refractivity contribution is 7.89. The van der Waals surface area contributed by atoms with Crippen molar-refractivity contribution in [2.75, 3.05) is 37.8 Å². The third-order valence-corrected chi connectivity index (χ3v) is 15.2. The van der Waals surface area contributed by atoms with Crippen molar-refractivity contribution < 1.29 is 21.6 Å². The molecule has 0 aliphatic carbocycles. The normalized spacial score (nSPS) is 16.5. The summed E-state index contributed by atoms with van der Waals surface area (Å²) in [6.45, 7) is 10.1. The number of quaternary nitrogens is 1. The highest BCUT2D eigenvalue weighted by atomic mass is 35.5. The number of hydrogen-bond donors (Lipinski definition) is 2. The Morgan fingerprint density at radius 3 is 2.11 bits per heavy atom. The molecule has 1 saturated heterocycles. The number of likely N-dealkylation sites (N-methyl/N-ethyl adjacent to an activating group) is 1. The number of fused-ring (bicyclic) bond motifs is 1. The number of aryl methyl sites for hydroxylation is 1. The van der Waals surface area contributed by atoms with Crippen LogP contribution in [0.2, 0.25) is 5.02 Å². The van der Waals surface area contributed by atoms with Crippen LogP contribution in [-0.2, 0) is 24.8 Å². The van der Waals surface area contributed by atoms with Crippen LogP contribution in [-0.4, -0.2) is 85.9 Å². The average Bonchev–Trinajstić information content (AvgIpc) is 4.00. The number of unbranched alkanes of at least 4 members (excludes halogenated alkanes) is 10. The second-order valence-corrected chi connectivity index (χ2v) is 21.3. The predicted molar refractivity (Wildman–Crippen MR) is 267 cm³/mol. The molecule has 0 saturated carbocycles. The van der Waals surface area contributed by atoms with E-state index in [4.69, 9.17) is 21.6 Å². The van der Waals surface area contributed by atoms with Crippen LogP contribution in [0.1, 0.15) is 109 Å². The minimum Gasteiger partial charge on any atom is -0.319 e. The van der Waals surface area contributed by atoms with Gasteiger partial charge in [-0.1, -0.05) is 102 Å². The van der Waals surface area contributed by atoms with Gasteiger partial charge >= 0.3 is 0 Å². The number of aliphatic imine (C=N–C) groups is 1. The Labute approximate surface area is 395 Å². The zero-order chi connectivity index (χ0) is 47.5. The fraction of sp³-hybridized carbons (Fsp3) is 0.449. The number of halogens is 1. The number of carbonyl (C=O) groups is 1. The number of sulfonamides is 2. The Morgan fingerprint density at radius 1 is 0.848 bits per heavy atom. The Bertz CT molecular complexity index is 2790. The van der Waals surface area contributed by atoms with Gasteiger partial charge in [-0.15, -0.1) is 0 Å². The van der Waals surface area contributed by atoms with E-state index in [-0.39, 0.29) is 33.3 Å². The molecule has 6 rings (SSSR count). The number of pyridine rings is 1. The summed E-state index contributed by atoms with van der Waals surface area (Å²) in [5, 5.41) is 3.27. The van der Waals surface area contributed by atoms with Crippen LogP contribution in [0.5, 0.6) is 0 Å². The lowest BCUT2D eigenvalue weighted by Gasteiger charge is -2.23. The van der Waals surface area contributed by atoms with Gasteiger partial charge in [-0.3, -0.25) is 23.6 Å². The summed E-state index contributed by atoms with van der Waals surface area (Å²) in [5.41, 5.74) is 2.00. The standard InChI is InChI=1S/C49H63ClN8O6S2/c1-6-9-11-13-15-19-31-56(32-20-16-14-12-10-7-2)66(63,64)39-24-25-41(50)44(34-39)54-48(59)46(47-53-43-22-18-17-21-40(43)49(60)57(47)37-27-29-51-30-28-37)52-42-26-23-38(33-36(42)4)58(8-3)35-45(58)55-65(5,61)62/h17-18,21-30,33-34,45,55H,6-16,19-20,31-32,35H2,1-5H3/p+1. The zero-order valence-corrected chi connectivity index (χ0v) is 41.2. The van der Waals surface area contributed by atoms with Gasteiger partial charge in [0.05, 0.1) is 50.7 Å². The van der Waals surface area contributed by atoms with Crippen molar-refractivity contribution in [3.05, 3.63) is 112 Å². The number of aromatic nitrogens is 3. The lowest BCUT2D eigenvalue weighted by molar-refractivity contribution is -0.110. The molecule has 1 aliphatic heterocycles. The molecule has 0 spiro atoms. The molecule has 3 heterocycles. The molecule has 2 atom stereocenters. The summed E-state index contributed by atoms with van der Waals surface area (Å²) in [4.78, 5) is 43.3. The first-order valence-electron chi connectivity index (χ1n) is 23.2. The molecule has 354 valence electrons. The molecule has 2 N–H and O–H groups in total. The number of nitrogens with one attached hydrogen (secondary N) is 2. The highest BCUT2D eigenvalue weighted by Gasteiger charge is 2.57. The Hall–Kier alpha value is -4.84. The SMILES string of the molecule is CCCCCCCCN(CCCCCCCC)S(=O)(=O)c1ccc(Cl)c(NC(=O)C(=Nc2ccc([N+]3(CC)CC3NS(C)(=O)=O)cc2C)c2nc3ccccc3c(=O)n2-c2ccncc2)c1. The monoisotopic (exact) mass is 959 g/mol. The maximum Gasteiger partial charge on any atom is 0.278 e. The van der Waals surface area contributed by atoms with Gasteiger partial charge in [0, 0.05) is 37.6 Å². The second kappa shape index (κ2) is 22.8. The van der Waals surface area contributed by atoms with Crippen LogP contribution in [0.25, 0.3) is 16.6 Å². The van der Waals surface area contributed by atoms with Crippen LogP contribution in [0, 0.1) is 6.92 Å². The molecule has 17 heteroatoms. The van der Waals surface area contributed by atoms with E-state index in [0.29, 0.717) is 58.5 Å². The van der Waals surface area contributed by atoms with Crippen LogP contribution >= 0.6 is 11.6 Å². The van der Waals surface area contributed by atoms with Gasteiger partial charge in [-0.05, 0) is 80.8 Å². The third kappa shape index (κ3) is 12.4. The summed E-state index contributed by atoms with van der Waals surface area (Å²) >= 11 is 6.77. The van der Waals surface area contributed by atoms with Gasteiger partial charge in [-0.2, -0.15) is 9.03 Å². The third-order valence-electron chi connectivity index (χ3n) is 12.3. The maximum absolute atomic E-state index is 15.0. The first-order chi connectivity index (χ1) is 31.6. The van der Waals surface area contributed by atoms with Crippen molar-refractivity contribution in [1.82, 2.24) is 28.0 Å². The van der Waals surface area contributed by atoms with Crippen LogP contribution in [0.4, 0.5) is 17.1 Å². The van der Waals surface area contributed by atoms with Gasteiger partial charge in [0.25, 0.3) is 11.5 Å². The molecule has 2 aromatic heterocycles. The summed E-state index contributed by atoms with van der Waals surface area (Å²) in [6, 6.07) is 19.9. The molecule has 3 aromatic carbocycles. The van der Waals surface area contributed by atoms with Crippen LogP contribution in [0.3, 0.4) is 0 Å². The summed E-state index contributed by atoms with van der Waals surface area (Å²) in [7, 11) is -7.45. The fourth-order valence-corrected chi connectivity index (χ4v) is 10.9. The van der Waals surface area contributed by atoms with Gasteiger partial charge in [0.15, 0.2) is 18.1 Å². The van der Waals surface area contributed by atoms with E-state index in [1.807, 2.05) is 26.0 Å². The van der Waals surface area contributed by atoms with Crippen molar-refractivity contribution in [2.24, 2.45) is 4.99 Å². The van der Waals surface area contributed by atoms with Crippen molar-refractivity contribution in [3.63, 3.8) is 0 Å². The molecule has 66 heavy (non-hydrogen) atoms. The van der Waals surface area contributed by atoms with Crippen LogP contribution in [0.15, 0.2) is 99.9 Å². The number of carbonyl (C=O) groups excluding carboxylic acids is 1. The molecule has 2 unspecified atom stereocenters. The highest BCUT2D eigenvalue weighted by Crippen LogP contribution is 2.40. The topological polar surface area (TPSA) is 173 Å². The zero-order valence-electron chi connectivity index (χ0n) is 38.8. The smallest absolute Gasteiger partial charge is 0.278 e. The van der Waals surface area contributed by atoms with Gasteiger partial charge < -0.3 is 5.32 Å². The van der Waals surface area contributed by atoms with E-state index >= 15 is 0 Å². The first-order valence-corrected chi connectivity index (χ1v) is 26.9.